The number of ether oxygens (including phenoxy) is 2. The van der Waals surface area contributed by atoms with Gasteiger partial charge in [-0.3, -0.25) is 4.90 Å². The molecular weight excluding hydrogens is 500 g/mol. The monoisotopic (exact) mass is 525 g/mol. The fraction of sp³-hybridized carbons (Fsp3) is 0.240. The first-order valence-corrected chi connectivity index (χ1v) is 11.1. The number of carbonyl (C=O) groups is 1. The van der Waals surface area contributed by atoms with Gasteiger partial charge in [0.1, 0.15) is 25.8 Å². The summed E-state index contributed by atoms with van der Waals surface area (Å²) >= 11 is 2.27. The van der Waals surface area contributed by atoms with E-state index in [0.29, 0.717) is 12.4 Å². The summed E-state index contributed by atoms with van der Waals surface area (Å²) < 4.78 is 12.8. The third kappa shape index (κ3) is 6.03. The largest absolute Gasteiger partial charge is 0.488 e. The Labute approximate surface area is 198 Å². The molecule has 3 rings (SSSR count). The lowest BCUT2D eigenvalue weighted by atomic mass is 10.1. The smallest absolute Gasteiger partial charge is 0.415 e. The average molecular weight is 525 g/mol. The van der Waals surface area contributed by atoms with Gasteiger partial charge in [-0.1, -0.05) is 60.7 Å². The second kappa shape index (κ2) is 10.2. The molecule has 0 atom stereocenters. The van der Waals surface area contributed by atoms with E-state index in [0.717, 1.165) is 25.6 Å². The molecule has 4 nitrogen and oxygen atoms in total. The maximum atomic E-state index is 13.0. The fourth-order valence-corrected chi connectivity index (χ4v) is 4.02. The summed E-state index contributed by atoms with van der Waals surface area (Å²) in [5.74, 6) is 2.14. The molecule has 0 aliphatic heterocycles. The van der Waals surface area contributed by atoms with Crippen LogP contribution in [0.25, 0.3) is 10.8 Å². The molecule has 0 saturated carbocycles. The molecule has 0 bridgehead atoms. The van der Waals surface area contributed by atoms with Gasteiger partial charge in [-0.2, -0.15) is 0 Å². The van der Waals surface area contributed by atoms with Crippen LogP contribution in [0, 0.1) is 3.57 Å². The van der Waals surface area contributed by atoms with Crippen LogP contribution in [0.2, 0.25) is 0 Å². The number of rotatable bonds is 6. The molecule has 0 spiro atoms. The number of anilines is 1. The van der Waals surface area contributed by atoms with E-state index >= 15 is 0 Å². The molecule has 3 aromatic rings. The molecule has 0 aliphatic carbocycles. The quantitative estimate of drug-likeness (QED) is 0.275. The van der Waals surface area contributed by atoms with Crippen LogP contribution >= 0.6 is 22.6 Å². The zero-order chi connectivity index (χ0) is 22.4. The number of nitrogens with zero attached hydrogens (tertiary/aromatic N) is 1. The van der Waals surface area contributed by atoms with Crippen molar-refractivity contribution in [1.82, 2.24) is 0 Å². The maximum absolute atomic E-state index is 13.0. The Morgan fingerprint density at radius 2 is 1.71 bits per heavy atom. The number of fused-ring (bicyclic) bond motifs is 1. The summed E-state index contributed by atoms with van der Waals surface area (Å²) in [6.07, 6.45) is 1.28. The molecule has 6 heteroatoms. The van der Waals surface area contributed by atoms with Crippen molar-refractivity contribution in [1.29, 1.82) is 0 Å². The molecule has 0 N–H and O–H groups in total. The van der Waals surface area contributed by atoms with Crippen LogP contribution in [-0.4, -0.2) is 26.1 Å². The standard InChI is InChI=1S/C25H25BINO3/c1-25(2,3)31-24(29)28(15-9-14-26)21-16-22(30-17-18-10-5-4-6-11-18)19-12-7-8-13-20(19)23(21)27/h4-14,16H,15,17H2,1-3H3/b14-9+. The number of carbonyl (C=O) groups excluding carboxylic acids is 1. The van der Waals surface area contributed by atoms with Crippen molar-refractivity contribution in [3.05, 3.63) is 81.8 Å². The molecule has 2 radical (unpaired) electrons. The van der Waals surface area contributed by atoms with Crippen molar-refractivity contribution < 1.29 is 14.3 Å². The number of benzene rings is 3. The highest BCUT2D eigenvalue weighted by Crippen LogP contribution is 2.38. The molecule has 0 aliphatic rings. The minimum absolute atomic E-state index is 0.290. The van der Waals surface area contributed by atoms with E-state index in [4.69, 9.17) is 17.3 Å². The van der Waals surface area contributed by atoms with Crippen LogP contribution in [0.1, 0.15) is 26.3 Å². The van der Waals surface area contributed by atoms with E-state index in [-0.39, 0.29) is 6.54 Å². The van der Waals surface area contributed by atoms with E-state index in [1.807, 2.05) is 81.4 Å². The van der Waals surface area contributed by atoms with Crippen LogP contribution in [-0.2, 0) is 11.3 Å². The van der Waals surface area contributed by atoms with Gasteiger partial charge in [0, 0.05) is 27.0 Å². The zero-order valence-electron chi connectivity index (χ0n) is 18.0. The van der Waals surface area contributed by atoms with Crippen LogP contribution in [0.15, 0.2) is 72.7 Å². The Kier molecular flexibility index (Phi) is 7.65. The van der Waals surface area contributed by atoms with Crippen molar-refractivity contribution in [2.75, 3.05) is 11.4 Å². The Morgan fingerprint density at radius 3 is 2.35 bits per heavy atom. The molecule has 0 heterocycles. The molecule has 158 valence electrons. The number of hydrogen-bond acceptors (Lipinski definition) is 3. The van der Waals surface area contributed by atoms with Gasteiger partial charge in [-0.05, 0) is 48.9 Å². The maximum Gasteiger partial charge on any atom is 0.415 e. The first-order chi connectivity index (χ1) is 14.8. The molecule has 0 fully saturated rings. The predicted molar refractivity (Wildman–Crippen MR) is 136 cm³/mol. The van der Waals surface area contributed by atoms with Gasteiger partial charge in [0.2, 0.25) is 0 Å². The highest BCUT2D eigenvalue weighted by Gasteiger charge is 2.26. The minimum Gasteiger partial charge on any atom is -0.488 e. The van der Waals surface area contributed by atoms with Gasteiger partial charge >= 0.3 is 6.09 Å². The second-order valence-corrected chi connectivity index (χ2v) is 9.13. The van der Waals surface area contributed by atoms with Crippen molar-refractivity contribution in [3.8, 4) is 5.75 Å². The predicted octanol–water partition coefficient (Wildman–Crippen LogP) is 6.45. The van der Waals surface area contributed by atoms with Gasteiger partial charge < -0.3 is 9.47 Å². The average Bonchev–Trinajstić information content (AvgIpc) is 2.74. The fourth-order valence-electron chi connectivity index (χ4n) is 3.10. The SMILES string of the molecule is [B]/C=C/CN(C(=O)OC(C)(C)C)c1cc(OCc2ccccc2)c2ccccc2c1I. The Bertz CT molecular complexity index is 1080. The summed E-state index contributed by atoms with van der Waals surface area (Å²) in [7, 11) is 5.57. The van der Waals surface area contributed by atoms with E-state index in [9.17, 15) is 4.79 Å². The van der Waals surface area contributed by atoms with Crippen molar-refractivity contribution in [2.24, 2.45) is 0 Å². The van der Waals surface area contributed by atoms with Crippen molar-refractivity contribution >= 4 is 53.0 Å². The summed E-state index contributed by atoms with van der Waals surface area (Å²) in [6.45, 7) is 6.27. The second-order valence-electron chi connectivity index (χ2n) is 8.05. The van der Waals surface area contributed by atoms with Gasteiger partial charge in [0.25, 0.3) is 0 Å². The molecule has 3 aromatic carbocycles. The zero-order valence-corrected chi connectivity index (χ0v) is 20.1. The molecule has 0 saturated heterocycles. The lowest BCUT2D eigenvalue weighted by Gasteiger charge is -2.28. The topological polar surface area (TPSA) is 38.8 Å². The molecule has 1 amide bonds. The van der Waals surface area contributed by atoms with Crippen LogP contribution < -0.4 is 9.64 Å². The van der Waals surface area contributed by atoms with Gasteiger partial charge in [-0.15, -0.1) is 5.98 Å². The highest BCUT2D eigenvalue weighted by molar-refractivity contribution is 14.1. The number of halogens is 1. The first kappa shape index (κ1) is 23.2. The van der Waals surface area contributed by atoms with Crippen LogP contribution in [0.3, 0.4) is 0 Å². The summed E-state index contributed by atoms with van der Waals surface area (Å²) in [5, 5.41) is 2.00. The number of hydrogen-bond donors (Lipinski definition) is 0. The van der Waals surface area contributed by atoms with Gasteiger partial charge in [0.05, 0.1) is 5.69 Å². The summed E-state index contributed by atoms with van der Waals surface area (Å²) in [4.78, 5) is 14.6. The van der Waals surface area contributed by atoms with Gasteiger partial charge in [-0.25, -0.2) is 4.79 Å². The van der Waals surface area contributed by atoms with E-state index in [1.54, 1.807) is 11.0 Å². The Balaban J connectivity index is 2.06. The summed E-state index contributed by atoms with van der Waals surface area (Å²) in [6, 6.07) is 19.9. The van der Waals surface area contributed by atoms with E-state index in [1.165, 1.54) is 5.98 Å². The number of amides is 1. The lowest BCUT2D eigenvalue weighted by Crippen LogP contribution is -2.37. The van der Waals surface area contributed by atoms with Crippen molar-refractivity contribution in [2.45, 2.75) is 33.0 Å². The minimum atomic E-state index is -0.614. The lowest BCUT2D eigenvalue weighted by molar-refractivity contribution is 0.0584. The molecule has 0 aromatic heterocycles. The summed E-state index contributed by atoms with van der Waals surface area (Å²) in [5.41, 5.74) is 1.17. The van der Waals surface area contributed by atoms with Crippen LogP contribution in [0.5, 0.6) is 5.75 Å². The van der Waals surface area contributed by atoms with E-state index < -0.39 is 11.7 Å². The van der Waals surface area contributed by atoms with Gasteiger partial charge in [0.15, 0.2) is 0 Å². The third-order valence-corrected chi connectivity index (χ3v) is 5.62. The highest BCUT2D eigenvalue weighted by atomic mass is 127. The first-order valence-electron chi connectivity index (χ1n) is 10.1. The Hall–Kier alpha value is -2.48. The van der Waals surface area contributed by atoms with E-state index in [2.05, 4.69) is 22.6 Å². The molecule has 31 heavy (non-hydrogen) atoms. The molecule has 0 unspecified atom stereocenters. The Morgan fingerprint density at radius 1 is 1.06 bits per heavy atom. The normalized spacial score (nSPS) is 11.6. The van der Waals surface area contributed by atoms with Crippen LogP contribution in [0.4, 0.5) is 10.5 Å². The third-order valence-electron chi connectivity index (χ3n) is 4.49. The van der Waals surface area contributed by atoms with Crippen molar-refractivity contribution in [3.63, 3.8) is 0 Å². The molecular formula is C25H25BINO3.